The molecular weight excluding hydrogens is 483 g/mol. The minimum atomic E-state index is -2.88. The van der Waals surface area contributed by atoms with Crippen molar-refractivity contribution in [2.24, 2.45) is 4.99 Å². The van der Waals surface area contributed by atoms with E-state index in [1.54, 1.807) is 6.07 Å². The predicted octanol–water partition coefficient (Wildman–Crippen LogP) is 4.76. The first-order valence-electron chi connectivity index (χ1n) is 7.81. The Balaban J connectivity index is 0.00000576. The minimum Gasteiger partial charge on any atom is -0.434 e. The number of hydrogen-bond donors (Lipinski definition) is 2. The molecule has 144 valence electrons. The van der Waals surface area contributed by atoms with Gasteiger partial charge in [-0.1, -0.05) is 11.6 Å². The van der Waals surface area contributed by atoms with Crippen molar-refractivity contribution in [3.05, 3.63) is 28.8 Å². The van der Waals surface area contributed by atoms with Gasteiger partial charge in [0.15, 0.2) is 5.96 Å². The number of alkyl halides is 2. The van der Waals surface area contributed by atoms with Crippen molar-refractivity contribution < 1.29 is 13.5 Å². The quantitative estimate of drug-likeness (QED) is 0.208. The molecule has 0 heterocycles. The number of halogens is 4. The third kappa shape index (κ3) is 11.0. The molecule has 0 aliphatic carbocycles. The van der Waals surface area contributed by atoms with Gasteiger partial charge < -0.3 is 15.4 Å². The second-order valence-electron chi connectivity index (χ2n) is 4.95. The Bertz CT molecular complexity index is 524. The lowest BCUT2D eigenvalue weighted by atomic mass is 10.2. The predicted molar refractivity (Wildman–Crippen MR) is 114 cm³/mol. The molecule has 25 heavy (non-hydrogen) atoms. The summed E-state index contributed by atoms with van der Waals surface area (Å²) in [6.07, 6.45) is 4.26. The van der Waals surface area contributed by atoms with Crippen LogP contribution in [-0.2, 0) is 6.54 Å². The van der Waals surface area contributed by atoms with Gasteiger partial charge in [0.2, 0.25) is 0 Å². The molecule has 0 radical (unpaired) electrons. The zero-order valence-electron chi connectivity index (χ0n) is 14.4. The molecule has 0 saturated heterocycles. The van der Waals surface area contributed by atoms with E-state index in [9.17, 15) is 8.78 Å². The summed E-state index contributed by atoms with van der Waals surface area (Å²) in [5, 5.41) is 6.82. The zero-order chi connectivity index (χ0) is 17.8. The highest BCUT2D eigenvalue weighted by molar-refractivity contribution is 14.0. The van der Waals surface area contributed by atoms with Crippen LogP contribution < -0.4 is 15.4 Å². The van der Waals surface area contributed by atoms with E-state index in [1.165, 1.54) is 12.1 Å². The largest absolute Gasteiger partial charge is 0.434 e. The molecule has 1 rings (SSSR count). The van der Waals surface area contributed by atoms with Crippen molar-refractivity contribution in [1.82, 2.24) is 10.6 Å². The van der Waals surface area contributed by atoms with Crippen LogP contribution in [0.25, 0.3) is 0 Å². The average molecular weight is 508 g/mol. The van der Waals surface area contributed by atoms with Crippen LogP contribution in [0.1, 0.15) is 25.3 Å². The Morgan fingerprint density at radius 1 is 1.32 bits per heavy atom. The first-order chi connectivity index (χ1) is 11.6. The van der Waals surface area contributed by atoms with Crippen LogP contribution in [0.3, 0.4) is 0 Å². The second kappa shape index (κ2) is 14.7. The van der Waals surface area contributed by atoms with Crippen molar-refractivity contribution in [1.29, 1.82) is 0 Å². The lowest BCUT2D eigenvalue weighted by Gasteiger charge is -2.13. The average Bonchev–Trinajstić information content (AvgIpc) is 2.54. The van der Waals surface area contributed by atoms with Gasteiger partial charge in [-0.15, -0.1) is 24.0 Å². The first kappa shape index (κ1) is 24.5. The molecule has 0 atom stereocenters. The molecule has 0 aliphatic rings. The molecule has 1 aromatic carbocycles. The number of nitrogens with zero attached hydrogens (tertiary/aromatic N) is 1. The highest BCUT2D eigenvalue weighted by Crippen LogP contribution is 2.25. The lowest BCUT2D eigenvalue weighted by Crippen LogP contribution is -2.37. The molecule has 0 spiro atoms. The summed E-state index contributed by atoms with van der Waals surface area (Å²) in [6.45, 7) is 0.810. The van der Waals surface area contributed by atoms with Crippen molar-refractivity contribution in [3.8, 4) is 5.75 Å². The third-order valence-corrected chi connectivity index (χ3v) is 3.99. The molecule has 1 aromatic rings. The van der Waals surface area contributed by atoms with Gasteiger partial charge in [0.05, 0.1) is 6.54 Å². The Morgan fingerprint density at radius 2 is 2.08 bits per heavy atom. The summed E-state index contributed by atoms with van der Waals surface area (Å²) >= 11 is 7.76. The van der Waals surface area contributed by atoms with E-state index in [0.29, 0.717) is 23.1 Å². The van der Waals surface area contributed by atoms with Gasteiger partial charge in [-0.25, -0.2) is 4.99 Å². The van der Waals surface area contributed by atoms with Crippen LogP contribution in [-0.4, -0.2) is 37.7 Å². The first-order valence-corrected chi connectivity index (χ1v) is 9.58. The molecule has 9 heteroatoms. The van der Waals surface area contributed by atoms with Crippen molar-refractivity contribution in [3.63, 3.8) is 0 Å². The molecule has 0 saturated carbocycles. The van der Waals surface area contributed by atoms with E-state index < -0.39 is 6.61 Å². The maximum absolute atomic E-state index is 12.5. The second-order valence-corrected chi connectivity index (χ2v) is 6.37. The van der Waals surface area contributed by atoms with Crippen LogP contribution in [0.15, 0.2) is 23.2 Å². The molecular formula is C16H25ClF2IN3OS. The van der Waals surface area contributed by atoms with E-state index in [0.717, 1.165) is 25.1 Å². The maximum atomic E-state index is 12.5. The van der Waals surface area contributed by atoms with E-state index in [2.05, 4.69) is 26.6 Å². The molecule has 0 fully saturated rings. The molecule has 4 nitrogen and oxygen atoms in total. The van der Waals surface area contributed by atoms with Gasteiger partial charge in [-0.3, -0.25) is 0 Å². The van der Waals surface area contributed by atoms with Crippen LogP contribution in [0.2, 0.25) is 5.02 Å². The topological polar surface area (TPSA) is 45.7 Å². The van der Waals surface area contributed by atoms with E-state index in [-0.39, 0.29) is 36.3 Å². The van der Waals surface area contributed by atoms with Crippen molar-refractivity contribution in [2.45, 2.75) is 32.9 Å². The molecule has 2 N–H and O–H groups in total. The highest BCUT2D eigenvalue weighted by atomic mass is 127. The monoisotopic (exact) mass is 507 g/mol. The SMILES string of the molecule is CCNC(=NCc1cc(Cl)ccc1OC(F)F)NCCCCSC.I. The number of nitrogens with one attached hydrogen (secondary N) is 2. The maximum Gasteiger partial charge on any atom is 0.387 e. The standard InChI is InChI=1S/C16H24ClF2N3OS.HI/c1-3-20-16(21-8-4-5-9-24-2)22-11-12-10-13(17)6-7-14(12)23-15(18)19;/h6-7,10,15H,3-5,8-9,11H2,1-2H3,(H2,20,21,22);1H. The smallest absolute Gasteiger partial charge is 0.387 e. The van der Waals surface area contributed by atoms with Crippen molar-refractivity contribution >= 4 is 53.3 Å². The minimum absolute atomic E-state index is 0. The summed E-state index contributed by atoms with van der Waals surface area (Å²) in [7, 11) is 0. The highest BCUT2D eigenvalue weighted by Gasteiger charge is 2.10. The number of rotatable bonds is 10. The Labute approximate surface area is 174 Å². The fourth-order valence-corrected chi connectivity index (χ4v) is 2.65. The van der Waals surface area contributed by atoms with E-state index in [4.69, 9.17) is 11.6 Å². The summed E-state index contributed by atoms with van der Waals surface area (Å²) in [6, 6.07) is 4.54. The number of thioether (sulfide) groups is 1. The Kier molecular flexibility index (Phi) is 14.4. The van der Waals surface area contributed by atoms with Gasteiger partial charge in [-0.05, 0) is 50.0 Å². The van der Waals surface area contributed by atoms with Gasteiger partial charge in [0.25, 0.3) is 0 Å². The van der Waals surface area contributed by atoms with Crippen LogP contribution in [0, 0.1) is 0 Å². The van der Waals surface area contributed by atoms with Crippen LogP contribution >= 0.6 is 47.3 Å². The van der Waals surface area contributed by atoms with Crippen LogP contribution in [0.4, 0.5) is 8.78 Å². The summed E-state index contributed by atoms with van der Waals surface area (Å²) in [5.41, 5.74) is 0.516. The molecule has 0 amide bonds. The summed E-state index contributed by atoms with van der Waals surface area (Å²) in [4.78, 5) is 4.42. The van der Waals surface area contributed by atoms with Gasteiger partial charge >= 0.3 is 6.61 Å². The van der Waals surface area contributed by atoms with Gasteiger partial charge in [0.1, 0.15) is 5.75 Å². The molecule has 0 aromatic heterocycles. The number of guanidine groups is 1. The number of unbranched alkanes of at least 4 members (excludes halogenated alkanes) is 1. The molecule has 0 unspecified atom stereocenters. The van der Waals surface area contributed by atoms with E-state index >= 15 is 0 Å². The van der Waals surface area contributed by atoms with Crippen molar-refractivity contribution in [2.75, 3.05) is 25.1 Å². The van der Waals surface area contributed by atoms with Gasteiger partial charge in [0, 0.05) is 23.7 Å². The van der Waals surface area contributed by atoms with Gasteiger partial charge in [-0.2, -0.15) is 20.5 Å². The normalized spacial score (nSPS) is 11.2. The number of hydrogen-bond acceptors (Lipinski definition) is 3. The fraction of sp³-hybridized carbons (Fsp3) is 0.562. The van der Waals surface area contributed by atoms with E-state index in [1.807, 2.05) is 18.7 Å². The number of ether oxygens (including phenoxy) is 1. The third-order valence-electron chi connectivity index (χ3n) is 3.06. The fourth-order valence-electron chi connectivity index (χ4n) is 1.97. The molecule has 0 aliphatic heterocycles. The number of aliphatic imine (C=N–C) groups is 1. The molecule has 0 bridgehead atoms. The van der Waals surface area contributed by atoms with Crippen LogP contribution in [0.5, 0.6) is 5.75 Å². The number of benzene rings is 1. The Hall–Kier alpha value is -0.480. The zero-order valence-corrected chi connectivity index (χ0v) is 18.3. The summed E-state index contributed by atoms with van der Waals surface area (Å²) < 4.78 is 29.5. The summed E-state index contributed by atoms with van der Waals surface area (Å²) in [5.74, 6) is 1.87. The lowest BCUT2D eigenvalue weighted by molar-refractivity contribution is -0.0504. The Morgan fingerprint density at radius 3 is 2.72 bits per heavy atom.